The van der Waals surface area contributed by atoms with Gasteiger partial charge in [0.15, 0.2) is 5.96 Å². The molecule has 0 radical (unpaired) electrons. The van der Waals surface area contributed by atoms with Crippen molar-refractivity contribution >= 4 is 12.1 Å². The summed E-state index contributed by atoms with van der Waals surface area (Å²) in [5, 5.41) is 17.6. The molecule has 7 nitrogen and oxygen atoms in total. The van der Waals surface area contributed by atoms with Gasteiger partial charge in [-0.25, -0.2) is 9.18 Å². The van der Waals surface area contributed by atoms with Crippen LogP contribution in [-0.4, -0.2) is 37.8 Å². The lowest BCUT2D eigenvalue weighted by molar-refractivity contribution is 0.0527. The average molecular weight is 363 g/mol. The van der Waals surface area contributed by atoms with Crippen LogP contribution in [0.1, 0.15) is 38.3 Å². The van der Waals surface area contributed by atoms with E-state index < -0.39 is 11.7 Å². The molecule has 0 aliphatic heterocycles. The minimum atomic E-state index is -0.521. The van der Waals surface area contributed by atoms with Crippen molar-refractivity contribution in [1.82, 2.24) is 16.0 Å². The third-order valence-corrected chi connectivity index (χ3v) is 3.16. The summed E-state index contributed by atoms with van der Waals surface area (Å²) in [7, 11) is 1.61. The number of nitriles is 1. The van der Waals surface area contributed by atoms with Gasteiger partial charge >= 0.3 is 6.09 Å². The minimum absolute atomic E-state index is 0.206. The third kappa shape index (κ3) is 8.33. The fourth-order valence-corrected chi connectivity index (χ4v) is 1.98. The van der Waals surface area contributed by atoms with Crippen molar-refractivity contribution in [3.63, 3.8) is 0 Å². The highest BCUT2D eigenvalue weighted by Crippen LogP contribution is 2.09. The molecule has 26 heavy (non-hydrogen) atoms. The third-order valence-electron chi connectivity index (χ3n) is 3.16. The van der Waals surface area contributed by atoms with E-state index in [9.17, 15) is 9.18 Å². The van der Waals surface area contributed by atoms with Crippen molar-refractivity contribution in [1.29, 1.82) is 5.26 Å². The molecule has 0 saturated heterocycles. The molecule has 0 atom stereocenters. The smallest absolute Gasteiger partial charge is 0.407 e. The van der Waals surface area contributed by atoms with Crippen LogP contribution < -0.4 is 16.0 Å². The maximum atomic E-state index is 13.7. The van der Waals surface area contributed by atoms with Gasteiger partial charge in [0.05, 0.1) is 11.6 Å². The quantitative estimate of drug-likeness (QED) is 0.409. The Balaban J connectivity index is 2.32. The van der Waals surface area contributed by atoms with Gasteiger partial charge in [-0.05, 0) is 45.4 Å². The molecule has 0 aliphatic rings. The fraction of sp³-hybridized carbons (Fsp3) is 0.500. The van der Waals surface area contributed by atoms with Crippen molar-refractivity contribution in [3.8, 4) is 6.07 Å². The SMILES string of the molecule is CN=C(NCCCNC(=O)OC(C)(C)C)NCc1cc(C#N)ccc1F. The second-order valence-electron chi connectivity index (χ2n) is 6.55. The van der Waals surface area contributed by atoms with Gasteiger partial charge in [0.25, 0.3) is 0 Å². The van der Waals surface area contributed by atoms with Crippen LogP contribution in [0.5, 0.6) is 0 Å². The number of amides is 1. The number of guanidine groups is 1. The van der Waals surface area contributed by atoms with Crippen LogP contribution in [0.3, 0.4) is 0 Å². The Hall–Kier alpha value is -2.82. The Labute approximate surface area is 153 Å². The van der Waals surface area contributed by atoms with Gasteiger partial charge in [0, 0.05) is 32.2 Å². The highest BCUT2D eigenvalue weighted by Gasteiger charge is 2.15. The minimum Gasteiger partial charge on any atom is -0.444 e. The number of aliphatic imine (C=N–C) groups is 1. The normalized spacial score (nSPS) is 11.5. The number of hydrogen-bond donors (Lipinski definition) is 3. The van der Waals surface area contributed by atoms with Crippen LogP contribution in [0, 0.1) is 17.1 Å². The molecule has 1 aromatic rings. The number of halogens is 1. The summed E-state index contributed by atoms with van der Waals surface area (Å²) >= 11 is 0. The lowest BCUT2D eigenvalue weighted by Gasteiger charge is -2.19. The standard InChI is InChI=1S/C18H26FN5O2/c1-18(2,3)26-17(25)23-9-5-8-22-16(21-4)24-12-14-10-13(11-20)6-7-15(14)19/h6-7,10H,5,8-9,12H2,1-4H3,(H,23,25)(H2,21,22,24). The Bertz CT molecular complexity index is 677. The molecule has 0 saturated carbocycles. The van der Waals surface area contributed by atoms with Gasteiger partial charge < -0.3 is 20.7 Å². The number of nitrogens with one attached hydrogen (secondary N) is 3. The summed E-state index contributed by atoms with van der Waals surface area (Å²) in [6, 6.07) is 6.19. The predicted octanol–water partition coefficient (Wildman–Crippen LogP) is 2.28. The Morgan fingerprint density at radius 3 is 2.58 bits per heavy atom. The number of rotatable bonds is 6. The van der Waals surface area contributed by atoms with Gasteiger partial charge in [0.2, 0.25) is 0 Å². The first-order valence-electron chi connectivity index (χ1n) is 8.35. The number of hydrogen-bond acceptors (Lipinski definition) is 4. The Morgan fingerprint density at radius 2 is 1.96 bits per heavy atom. The lowest BCUT2D eigenvalue weighted by atomic mass is 10.1. The molecule has 0 spiro atoms. The van der Waals surface area contributed by atoms with Crippen LogP contribution in [0.25, 0.3) is 0 Å². The zero-order valence-corrected chi connectivity index (χ0v) is 15.6. The van der Waals surface area contributed by atoms with E-state index >= 15 is 0 Å². The highest BCUT2D eigenvalue weighted by molar-refractivity contribution is 5.79. The number of carbonyl (C=O) groups excluding carboxylic acids is 1. The molecule has 0 aromatic heterocycles. The molecule has 3 N–H and O–H groups in total. The van der Waals surface area contributed by atoms with Gasteiger partial charge in [-0.1, -0.05) is 0 Å². The lowest BCUT2D eigenvalue weighted by Crippen LogP contribution is -2.39. The van der Waals surface area contributed by atoms with Crippen LogP contribution in [0.15, 0.2) is 23.2 Å². The van der Waals surface area contributed by atoms with E-state index in [4.69, 9.17) is 10.00 Å². The molecule has 1 rings (SSSR count). The predicted molar refractivity (Wildman–Crippen MR) is 98.2 cm³/mol. The zero-order chi connectivity index (χ0) is 19.6. The monoisotopic (exact) mass is 363 g/mol. The molecule has 8 heteroatoms. The van der Waals surface area contributed by atoms with Gasteiger partial charge in [0.1, 0.15) is 11.4 Å². The van der Waals surface area contributed by atoms with Crippen molar-refractivity contribution in [2.75, 3.05) is 20.1 Å². The van der Waals surface area contributed by atoms with Crippen LogP contribution in [0.4, 0.5) is 9.18 Å². The van der Waals surface area contributed by atoms with Crippen molar-refractivity contribution in [2.45, 2.75) is 39.3 Å². The molecular formula is C18H26FN5O2. The second kappa shape index (κ2) is 10.2. The summed E-state index contributed by atoms with van der Waals surface area (Å²) in [4.78, 5) is 15.6. The van der Waals surface area contributed by atoms with Crippen LogP contribution >= 0.6 is 0 Å². The molecule has 0 fully saturated rings. The van der Waals surface area contributed by atoms with Crippen LogP contribution in [0.2, 0.25) is 0 Å². The highest BCUT2D eigenvalue weighted by atomic mass is 19.1. The van der Waals surface area contributed by atoms with Gasteiger partial charge in [-0.15, -0.1) is 0 Å². The van der Waals surface area contributed by atoms with Crippen molar-refractivity contribution < 1.29 is 13.9 Å². The topological polar surface area (TPSA) is 98.5 Å². The first-order valence-corrected chi connectivity index (χ1v) is 8.35. The largest absolute Gasteiger partial charge is 0.444 e. The number of ether oxygens (including phenoxy) is 1. The molecular weight excluding hydrogens is 337 g/mol. The molecule has 0 unspecified atom stereocenters. The van der Waals surface area contributed by atoms with E-state index in [1.54, 1.807) is 27.8 Å². The molecule has 0 bridgehead atoms. The zero-order valence-electron chi connectivity index (χ0n) is 15.6. The summed E-state index contributed by atoms with van der Waals surface area (Å²) in [5.41, 5.74) is 0.268. The van der Waals surface area contributed by atoms with Crippen molar-refractivity contribution in [3.05, 3.63) is 35.1 Å². The van der Waals surface area contributed by atoms with E-state index in [1.807, 2.05) is 6.07 Å². The second-order valence-corrected chi connectivity index (χ2v) is 6.55. The number of carbonyl (C=O) groups is 1. The van der Waals surface area contributed by atoms with E-state index in [0.717, 1.165) is 0 Å². The number of benzene rings is 1. The van der Waals surface area contributed by atoms with E-state index in [0.29, 0.717) is 36.6 Å². The molecule has 0 heterocycles. The van der Waals surface area contributed by atoms with Crippen LogP contribution in [-0.2, 0) is 11.3 Å². The number of nitrogens with zero attached hydrogens (tertiary/aromatic N) is 2. The number of alkyl carbamates (subject to hydrolysis) is 1. The maximum Gasteiger partial charge on any atom is 0.407 e. The van der Waals surface area contributed by atoms with Crippen molar-refractivity contribution in [2.24, 2.45) is 4.99 Å². The Kier molecular flexibility index (Phi) is 8.35. The summed E-state index contributed by atoms with van der Waals surface area (Å²) in [6.45, 7) is 6.64. The maximum absolute atomic E-state index is 13.7. The summed E-state index contributed by atoms with van der Waals surface area (Å²) < 4.78 is 18.9. The summed E-state index contributed by atoms with van der Waals surface area (Å²) in [5.74, 6) is 0.123. The van der Waals surface area contributed by atoms with Gasteiger partial charge in [-0.3, -0.25) is 4.99 Å². The fourth-order valence-electron chi connectivity index (χ4n) is 1.98. The van der Waals surface area contributed by atoms with Gasteiger partial charge in [-0.2, -0.15) is 5.26 Å². The van der Waals surface area contributed by atoms with E-state index in [2.05, 4.69) is 20.9 Å². The molecule has 1 aromatic carbocycles. The molecule has 1 amide bonds. The average Bonchev–Trinajstić information content (AvgIpc) is 2.57. The first kappa shape index (κ1) is 21.2. The Morgan fingerprint density at radius 1 is 1.27 bits per heavy atom. The molecule has 142 valence electrons. The summed E-state index contributed by atoms with van der Waals surface area (Å²) in [6.07, 6.45) is 0.214. The molecule has 0 aliphatic carbocycles. The first-order chi connectivity index (χ1) is 12.2. The van der Waals surface area contributed by atoms with E-state index in [-0.39, 0.29) is 12.4 Å². The van der Waals surface area contributed by atoms with E-state index in [1.165, 1.54) is 18.2 Å².